The summed E-state index contributed by atoms with van der Waals surface area (Å²) in [4.78, 5) is 2.13. The van der Waals surface area contributed by atoms with Gasteiger partial charge in [0.1, 0.15) is 0 Å². The van der Waals surface area contributed by atoms with Crippen molar-refractivity contribution in [3.8, 4) is 0 Å². The molecule has 1 aromatic rings. The maximum atomic E-state index is 6.09. The molecule has 0 amide bonds. The Morgan fingerprint density at radius 3 is 2.46 bits per heavy atom. The predicted octanol–water partition coefficient (Wildman–Crippen LogP) is 3.17. The van der Waals surface area contributed by atoms with Gasteiger partial charge in [0.15, 0.2) is 0 Å². The van der Waals surface area contributed by atoms with Gasteiger partial charge in [-0.05, 0) is 32.1 Å². The Kier molecular flexibility index (Phi) is 3.76. The third-order valence-electron chi connectivity index (χ3n) is 2.16. The first-order valence-corrected chi connectivity index (χ1v) is 4.74. The summed E-state index contributed by atoms with van der Waals surface area (Å²) in [7, 11) is 4.08. The SMILES string of the molecule is [CH2]CC(c1ccccc1Cl)N(C)C. The Bertz CT molecular complexity index is 271. The van der Waals surface area contributed by atoms with E-state index in [0.717, 1.165) is 17.0 Å². The topological polar surface area (TPSA) is 3.24 Å². The smallest absolute Gasteiger partial charge is 0.0453 e. The van der Waals surface area contributed by atoms with Crippen molar-refractivity contribution < 1.29 is 0 Å². The summed E-state index contributed by atoms with van der Waals surface area (Å²) in [6.45, 7) is 3.92. The average molecular weight is 197 g/mol. The molecule has 0 aliphatic rings. The van der Waals surface area contributed by atoms with Crippen LogP contribution >= 0.6 is 11.6 Å². The molecule has 2 heteroatoms. The predicted molar refractivity (Wildman–Crippen MR) is 57.9 cm³/mol. The van der Waals surface area contributed by atoms with E-state index in [1.165, 1.54) is 0 Å². The Morgan fingerprint density at radius 1 is 1.38 bits per heavy atom. The summed E-state index contributed by atoms with van der Waals surface area (Å²) in [5.74, 6) is 0. The molecule has 0 aromatic heterocycles. The van der Waals surface area contributed by atoms with Crippen LogP contribution in [0.15, 0.2) is 24.3 Å². The van der Waals surface area contributed by atoms with Gasteiger partial charge in [0.25, 0.3) is 0 Å². The molecule has 0 heterocycles. The lowest BCUT2D eigenvalue weighted by Crippen LogP contribution is -2.19. The zero-order chi connectivity index (χ0) is 9.84. The number of hydrogen-bond donors (Lipinski definition) is 0. The van der Waals surface area contributed by atoms with E-state index in [0.29, 0.717) is 6.04 Å². The minimum absolute atomic E-state index is 0.314. The zero-order valence-corrected chi connectivity index (χ0v) is 8.88. The Labute approximate surface area is 85.3 Å². The lowest BCUT2D eigenvalue weighted by atomic mass is 10.0. The fourth-order valence-electron chi connectivity index (χ4n) is 1.44. The Morgan fingerprint density at radius 2 is 2.00 bits per heavy atom. The molecule has 1 aromatic carbocycles. The minimum atomic E-state index is 0.314. The quantitative estimate of drug-likeness (QED) is 0.718. The van der Waals surface area contributed by atoms with Gasteiger partial charge in [-0.2, -0.15) is 0 Å². The van der Waals surface area contributed by atoms with Crippen LogP contribution in [0.2, 0.25) is 5.02 Å². The van der Waals surface area contributed by atoms with Crippen LogP contribution in [0.25, 0.3) is 0 Å². The van der Waals surface area contributed by atoms with Crippen LogP contribution in [0.1, 0.15) is 18.0 Å². The number of hydrogen-bond acceptors (Lipinski definition) is 1. The van der Waals surface area contributed by atoms with Crippen LogP contribution in [-0.4, -0.2) is 19.0 Å². The first-order valence-electron chi connectivity index (χ1n) is 4.37. The number of halogens is 1. The number of rotatable bonds is 3. The van der Waals surface area contributed by atoms with Crippen LogP contribution in [0.3, 0.4) is 0 Å². The highest BCUT2D eigenvalue weighted by molar-refractivity contribution is 6.31. The van der Waals surface area contributed by atoms with Gasteiger partial charge in [-0.25, -0.2) is 0 Å². The van der Waals surface area contributed by atoms with E-state index in [4.69, 9.17) is 11.6 Å². The van der Waals surface area contributed by atoms with Gasteiger partial charge >= 0.3 is 0 Å². The van der Waals surface area contributed by atoms with E-state index in [2.05, 4.69) is 17.9 Å². The Hall–Kier alpha value is -0.530. The first kappa shape index (κ1) is 10.6. The molecular weight excluding hydrogens is 182 g/mol. The summed E-state index contributed by atoms with van der Waals surface area (Å²) in [6, 6.07) is 8.24. The van der Waals surface area contributed by atoms with Crippen molar-refractivity contribution >= 4 is 11.6 Å². The fourth-order valence-corrected chi connectivity index (χ4v) is 1.70. The van der Waals surface area contributed by atoms with E-state index in [1.54, 1.807) is 0 Å². The van der Waals surface area contributed by atoms with E-state index in [-0.39, 0.29) is 0 Å². The van der Waals surface area contributed by atoms with Crippen LogP contribution in [-0.2, 0) is 0 Å². The van der Waals surface area contributed by atoms with Gasteiger partial charge in [-0.3, -0.25) is 0 Å². The molecule has 0 saturated heterocycles. The molecule has 0 saturated carbocycles. The highest BCUT2D eigenvalue weighted by Crippen LogP contribution is 2.27. The largest absolute Gasteiger partial charge is 0.302 e. The molecule has 0 aliphatic carbocycles. The van der Waals surface area contributed by atoms with E-state index in [9.17, 15) is 0 Å². The average Bonchev–Trinajstić information content (AvgIpc) is 2.09. The molecule has 0 N–H and O–H groups in total. The number of benzene rings is 1. The maximum absolute atomic E-state index is 6.09. The van der Waals surface area contributed by atoms with Crippen LogP contribution < -0.4 is 0 Å². The molecule has 1 unspecified atom stereocenters. The number of nitrogens with zero attached hydrogens (tertiary/aromatic N) is 1. The lowest BCUT2D eigenvalue weighted by Gasteiger charge is -2.23. The normalized spacial score (nSPS) is 13.3. The summed E-state index contributed by atoms with van der Waals surface area (Å²) >= 11 is 6.09. The van der Waals surface area contributed by atoms with Crippen LogP contribution in [0.4, 0.5) is 0 Å². The standard InChI is InChI=1S/C11H15ClN/c1-4-11(13(2)3)9-7-5-6-8-10(9)12/h5-8,11H,1,4H2,2-3H3. The molecule has 71 valence electrons. The van der Waals surface area contributed by atoms with Gasteiger partial charge < -0.3 is 4.90 Å². The molecule has 1 rings (SSSR count). The fraction of sp³-hybridized carbons (Fsp3) is 0.364. The second-order valence-electron chi connectivity index (χ2n) is 3.29. The molecule has 1 radical (unpaired) electrons. The molecule has 0 spiro atoms. The Balaban J connectivity index is 2.97. The van der Waals surface area contributed by atoms with Gasteiger partial charge in [-0.1, -0.05) is 36.7 Å². The third-order valence-corrected chi connectivity index (χ3v) is 2.51. The van der Waals surface area contributed by atoms with Crippen LogP contribution in [0.5, 0.6) is 0 Å². The maximum Gasteiger partial charge on any atom is 0.0453 e. The monoisotopic (exact) mass is 196 g/mol. The summed E-state index contributed by atoms with van der Waals surface area (Å²) < 4.78 is 0. The molecule has 0 fully saturated rings. The van der Waals surface area contributed by atoms with Crippen molar-refractivity contribution in [2.24, 2.45) is 0 Å². The summed E-state index contributed by atoms with van der Waals surface area (Å²) in [5.41, 5.74) is 1.16. The van der Waals surface area contributed by atoms with Crippen molar-refractivity contribution in [2.45, 2.75) is 12.5 Å². The van der Waals surface area contributed by atoms with E-state index < -0.39 is 0 Å². The molecule has 1 nitrogen and oxygen atoms in total. The van der Waals surface area contributed by atoms with Gasteiger partial charge in [0.2, 0.25) is 0 Å². The van der Waals surface area contributed by atoms with E-state index >= 15 is 0 Å². The van der Waals surface area contributed by atoms with Crippen LogP contribution in [0, 0.1) is 6.92 Å². The van der Waals surface area contributed by atoms with Crippen molar-refractivity contribution in [2.75, 3.05) is 14.1 Å². The second-order valence-corrected chi connectivity index (χ2v) is 3.70. The van der Waals surface area contributed by atoms with Crippen molar-refractivity contribution in [1.82, 2.24) is 4.90 Å². The first-order chi connectivity index (χ1) is 6.16. The van der Waals surface area contributed by atoms with Gasteiger partial charge in [0, 0.05) is 11.1 Å². The molecule has 13 heavy (non-hydrogen) atoms. The molecular formula is C11H15ClN. The highest BCUT2D eigenvalue weighted by atomic mass is 35.5. The van der Waals surface area contributed by atoms with Gasteiger partial charge in [0.05, 0.1) is 0 Å². The van der Waals surface area contributed by atoms with Crippen molar-refractivity contribution in [3.63, 3.8) is 0 Å². The van der Waals surface area contributed by atoms with E-state index in [1.807, 2.05) is 32.3 Å². The van der Waals surface area contributed by atoms with Crippen molar-refractivity contribution in [1.29, 1.82) is 0 Å². The lowest BCUT2D eigenvalue weighted by molar-refractivity contribution is 0.300. The summed E-state index contributed by atoms with van der Waals surface area (Å²) in [5, 5.41) is 0.824. The third kappa shape index (κ3) is 2.45. The summed E-state index contributed by atoms with van der Waals surface area (Å²) in [6.07, 6.45) is 0.830. The molecule has 1 atom stereocenters. The van der Waals surface area contributed by atoms with Crippen molar-refractivity contribution in [3.05, 3.63) is 41.8 Å². The minimum Gasteiger partial charge on any atom is -0.302 e. The highest BCUT2D eigenvalue weighted by Gasteiger charge is 2.13. The second kappa shape index (κ2) is 4.64. The molecule has 0 bridgehead atoms. The molecule has 0 aliphatic heterocycles. The zero-order valence-electron chi connectivity index (χ0n) is 8.13. The van der Waals surface area contributed by atoms with Gasteiger partial charge in [-0.15, -0.1) is 0 Å².